The third-order valence-corrected chi connectivity index (χ3v) is 7.76. The van der Waals surface area contributed by atoms with Crippen LogP contribution in [0.2, 0.25) is 0 Å². The van der Waals surface area contributed by atoms with Crippen molar-refractivity contribution in [3.63, 3.8) is 0 Å². The summed E-state index contributed by atoms with van der Waals surface area (Å²) in [6.07, 6.45) is 3.37. The number of para-hydroxylation sites is 1. The highest BCUT2D eigenvalue weighted by molar-refractivity contribution is 7.89. The number of piperazine rings is 1. The van der Waals surface area contributed by atoms with Gasteiger partial charge in [0.25, 0.3) is 5.91 Å². The van der Waals surface area contributed by atoms with Crippen LogP contribution in [0.1, 0.15) is 10.4 Å². The van der Waals surface area contributed by atoms with Crippen molar-refractivity contribution in [3.05, 3.63) is 90.5 Å². The van der Waals surface area contributed by atoms with Crippen LogP contribution in [-0.4, -0.2) is 59.7 Å². The zero-order chi connectivity index (χ0) is 23.7. The van der Waals surface area contributed by atoms with Gasteiger partial charge < -0.3 is 4.90 Å². The Bertz CT molecular complexity index is 1470. The summed E-state index contributed by atoms with van der Waals surface area (Å²) in [5.74, 6) is -0.796. The Morgan fingerprint density at radius 1 is 0.912 bits per heavy atom. The SMILES string of the molecule is O=C(c1cc(-c2cccnc2)nc2ccccc12)N1CCN(S(=O)(=O)c2cccc(F)c2)CC1. The lowest BCUT2D eigenvalue weighted by atomic mass is 10.0. The highest BCUT2D eigenvalue weighted by Crippen LogP contribution is 2.26. The van der Waals surface area contributed by atoms with E-state index >= 15 is 0 Å². The fraction of sp³-hybridized carbons (Fsp3) is 0.160. The molecule has 0 N–H and O–H groups in total. The van der Waals surface area contributed by atoms with Gasteiger partial charge >= 0.3 is 0 Å². The van der Waals surface area contributed by atoms with Crippen LogP contribution >= 0.6 is 0 Å². The van der Waals surface area contributed by atoms with Crippen molar-refractivity contribution >= 4 is 26.8 Å². The molecule has 0 bridgehead atoms. The summed E-state index contributed by atoms with van der Waals surface area (Å²) in [4.78, 5) is 23.9. The predicted octanol–water partition coefficient (Wildman–Crippen LogP) is 3.58. The molecule has 0 unspecified atom stereocenters. The van der Waals surface area contributed by atoms with Crippen molar-refractivity contribution < 1.29 is 17.6 Å². The van der Waals surface area contributed by atoms with E-state index in [0.29, 0.717) is 16.8 Å². The summed E-state index contributed by atoms with van der Waals surface area (Å²) in [7, 11) is -3.84. The molecule has 9 heteroatoms. The van der Waals surface area contributed by atoms with Gasteiger partial charge in [-0.2, -0.15) is 4.31 Å². The summed E-state index contributed by atoms with van der Waals surface area (Å²) < 4.78 is 40.7. The first-order chi connectivity index (χ1) is 16.4. The molecule has 0 aliphatic carbocycles. The van der Waals surface area contributed by atoms with Crippen LogP contribution in [0.15, 0.2) is 84.0 Å². The van der Waals surface area contributed by atoms with Gasteiger partial charge in [0.2, 0.25) is 10.0 Å². The third-order valence-electron chi connectivity index (χ3n) is 5.86. The Kier molecular flexibility index (Phi) is 5.80. The van der Waals surface area contributed by atoms with Crippen molar-refractivity contribution in [2.75, 3.05) is 26.2 Å². The van der Waals surface area contributed by atoms with Crippen LogP contribution in [0.4, 0.5) is 4.39 Å². The Hall–Kier alpha value is -3.69. The maximum Gasteiger partial charge on any atom is 0.254 e. The number of amides is 1. The smallest absolute Gasteiger partial charge is 0.254 e. The van der Waals surface area contributed by atoms with E-state index in [1.165, 1.54) is 22.5 Å². The lowest BCUT2D eigenvalue weighted by molar-refractivity contribution is 0.0700. The number of rotatable bonds is 4. The molecule has 0 atom stereocenters. The molecule has 2 aromatic carbocycles. The molecule has 5 rings (SSSR count). The fourth-order valence-corrected chi connectivity index (χ4v) is 5.55. The van der Waals surface area contributed by atoms with Crippen molar-refractivity contribution in [2.24, 2.45) is 0 Å². The summed E-state index contributed by atoms with van der Waals surface area (Å²) in [5, 5.41) is 0.731. The zero-order valence-corrected chi connectivity index (χ0v) is 19.0. The third kappa shape index (κ3) is 4.15. The molecule has 7 nitrogen and oxygen atoms in total. The summed E-state index contributed by atoms with van der Waals surface area (Å²) in [6.45, 7) is 0.713. The zero-order valence-electron chi connectivity index (χ0n) is 18.1. The van der Waals surface area contributed by atoms with Crippen LogP contribution in [0.3, 0.4) is 0 Å². The quantitative estimate of drug-likeness (QED) is 0.450. The number of sulfonamides is 1. The molecule has 2 aromatic heterocycles. The molecule has 4 aromatic rings. The van der Waals surface area contributed by atoms with Crippen LogP contribution < -0.4 is 0 Å². The van der Waals surface area contributed by atoms with Gasteiger partial charge in [0.05, 0.1) is 21.7 Å². The van der Waals surface area contributed by atoms with Crippen molar-refractivity contribution in [1.29, 1.82) is 0 Å². The Balaban J connectivity index is 1.41. The molecule has 0 saturated carbocycles. The van der Waals surface area contributed by atoms with Crippen LogP contribution in [0.5, 0.6) is 0 Å². The van der Waals surface area contributed by atoms with Gasteiger partial charge in [0.1, 0.15) is 5.82 Å². The first kappa shape index (κ1) is 22.1. The topological polar surface area (TPSA) is 83.5 Å². The monoisotopic (exact) mass is 476 g/mol. The van der Waals surface area contributed by atoms with Crippen LogP contribution in [0, 0.1) is 5.82 Å². The number of nitrogens with zero attached hydrogens (tertiary/aromatic N) is 4. The summed E-state index contributed by atoms with van der Waals surface area (Å²) in [5.41, 5.74) is 2.64. The lowest BCUT2D eigenvalue weighted by Crippen LogP contribution is -2.50. The number of carbonyl (C=O) groups is 1. The molecule has 0 spiro atoms. The largest absolute Gasteiger partial charge is 0.336 e. The summed E-state index contributed by atoms with van der Waals surface area (Å²) >= 11 is 0. The molecule has 172 valence electrons. The van der Waals surface area contributed by atoms with Crippen molar-refractivity contribution in [2.45, 2.75) is 4.90 Å². The van der Waals surface area contributed by atoms with E-state index in [1.54, 1.807) is 23.4 Å². The predicted molar refractivity (Wildman–Crippen MR) is 126 cm³/mol. The van der Waals surface area contributed by atoms with Gasteiger partial charge in [-0.1, -0.05) is 24.3 Å². The molecule has 1 saturated heterocycles. The second-order valence-corrected chi connectivity index (χ2v) is 9.91. The summed E-state index contributed by atoms with van der Waals surface area (Å²) in [6, 6.07) is 17.8. The molecule has 3 heterocycles. The number of hydrogen-bond acceptors (Lipinski definition) is 5. The highest BCUT2D eigenvalue weighted by Gasteiger charge is 2.31. The van der Waals surface area contributed by atoms with E-state index in [2.05, 4.69) is 9.97 Å². The standard InChI is InChI=1S/C25H21FN4O3S/c26-19-6-3-7-20(15-19)34(32,33)30-13-11-29(12-14-30)25(31)22-16-24(18-5-4-10-27-17-18)28-23-9-2-1-8-21(22)23/h1-10,15-17H,11-14H2. The van der Waals surface area contributed by atoms with E-state index in [-0.39, 0.29) is 37.0 Å². The van der Waals surface area contributed by atoms with E-state index in [1.807, 2.05) is 36.4 Å². The Morgan fingerprint density at radius 3 is 2.44 bits per heavy atom. The van der Waals surface area contributed by atoms with Gasteiger partial charge in [-0.05, 0) is 42.5 Å². The minimum absolute atomic E-state index is 0.0893. The molecule has 1 fully saturated rings. The average Bonchev–Trinajstić information content (AvgIpc) is 2.88. The van der Waals surface area contributed by atoms with Gasteiger partial charge in [-0.25, -0.2) is 17.8 Å². The van der Waals surface area contributed by atoms with E-state index in [4.69, 9.17) is 0 Å². The normalized spacial score (nSPS) is 14.9. The fourth-order valence-electron chi connectivity index (χ4n) is 4.09. The first-order valence-electron chi connectivity index (χ1n) is 10.8. The molecular formula is C25H21FN4O3S. The number of aromatic nitrogens is 2. The molecule has 34 heavy (non-hydrogen) atoms. The molecule has 0 radical (unpaired) electrons. The average molecular weight is 477 g/mol. The number of carbonyl (C=O) groups excluding carboxylic acids is 1. The van der Waals surface area contributed by atoms with E-state index in [0.717, 1.165) is 17.0 Å². The minimum Gasteiger partial charge on any atom is -0.336 e. The lowest BCUT2D eigenvalue weighted by Gasteiger charge is -2.34. The second-order valence-electron chi connectivity index (χ2n) is 7.97. The number of pyridine rings is 2. The maximum atomic E-state index is 13.6. The van der Waals surface area contributed by atoms with Crippen LogP contribution in [0.25, 0.3) is 22.2 Å². The highest BCUT2D eigenvalue weighted by atomic mass is 32.2. The number of hydrogen-bond donors (Lipinski definition) is 0. The van der Waals surface area contributed by atoms with E-state index < -0.39 is 15.8 Å². The Labute approximate surface area is 196 Å². The van der Waals surface area contributed by atoms with Crippen molar-refractivity contribution in [1.82, 2.24) is 19.2 Å². The van der Waals surface area contributed by atoms with Gasteiger partial charge in [0.15, 0.2) is 0 Å². The van der Waals surface area contributed by atoms with Crippen molar-refractivity contribution in [3.8, 4) is 11.3 Å². The minimum atomic E-state index is -3.84. The number of halogens is 1. The van der Waals surface area contributed by atoms with Gasteiger partial charge in [0, 0.05) is 49.5 Å². The van der Waals surface area contributed by atoms with Gasteiger partial charge in [-0.3, -0.25) is 9.78 Å². The number of benzene rings is 2. The molecule has 1 aliphatic rings. The Morgan fingerprint density at radius 2 is 1.71 bits per heavy atom. The molecular weight excluding hydrogens is 455 g/mol. The van der Waals surface area contributed by atoms with Crippen LogP contribution in [-0.2, 0) is 10.0 Å². The second kappa shape index (κ2) is 8.92. The molecule has 1 amide bonds. The molecule has 1 aliphatic heterocycles. The van der Waals surface area contributed by atoms with Gasteiger partial charge in [-0.15, -0.1) is 0 Å². The number of fused-ring (bicyclic) bond motifs is 1. The first-order valence-corrected chi connectivity index (χ1v) is 12.2. The van der Waals surface area contributed by atoms with E-state index in [9.17, 15) is 17.6 Å². The maximum absolute atomic E-state index is 13.6.